The van der Waals surface area contributed by atoms with E-state index in [9.17, 15) is 0 Å². The Labute approximate surface area is 111 Å². The SMILES string of the molecule is CC(Cc1ccncc1)c1cccc(Cl)c1Cl. The number of hydrogen-bond donors (Lipinski definition) is 0. The topological polar surface area (TPSA) is 12.9 Å². The lowest BCUT2D eigenvalue weighted by atomic mass is 9.94. The van der Waals surface area contributed by atoms with Crippen LogP contribution in [0.5, 0.6) is 0 Å². The second kappa shape index (κ2) is 5.52. The third kappa shape index (κ3) is 2.99. The van der Waals surface area contributed by atoms with E-state index < -0.39 is 0 Å². The summed E-state index contributed by atoms with van der Waals surface area (Å²) in [5, 5.41) is 1.28. The molecule has 17 heavy (non-hydrogen) atoms. The van der Waals surface area contributed by atoms with E-state index in [1.807, 2.05) is 42.7 Å². The van der Waals surface area contributed by atoms with Gasteiger partial charge in [-0.25, -0.2) is 0 Å². The molecular weight excluding hydrogens is 253 g/mol. The predicted molar refractivity (Wildman–Crippen MR) is 72.8 cm³/mol. The Hall–Kier alpha value is -1.05. The lowest BCUT2D eigenvalue weighted by molar-refractivity contribution is 0.758. The van der Waals surface area contributed by atoms with Crippen LogP contribution >= 0.6 is 23.2 Å². The number of benzene rings is 1. The molecule has 0 aliphatic carbocycles. The summed E-state index contributed by atoms with van der Waals surface area (Å²) >= 11 is 12.2. The molecule has 0 saturated carbocycles. The maximum Gasteiger partial charge on any atom is 0.0627 e. The number of rotatable bonds is 3. The van der Waals surface area contributed by atoms with Gasteiger partial charge in [0.2, 0.25) is 0 Å². The van der Waals surface area contributed by atoms with Crippen LogP contribution in [0.15, 0.2) is 42.7 Å². The smallest absolute Gasteiger partial charge is 0.0627 e. The van der Waals surface area contributed by atoms with Gasteiger partial charge >= 0.3 is 0 Å². The van der Waals surface area contributed by atoms with Crippen molar-refractivity contribution in [3.63, 3.8) is 0 Å². The van der Waals surface area contributed by atoms with Crippen molar-refractivity contribution in [2.45, 2.75) is 19.3 Å². The summed E-state index contributed by atoms with van der Waals surface area (Å²) in [6, 6.07) is 9.82. The van der Waals surface area contributed by atoms with Crippen molar-refractivity contribution in [2.24, 2.45) is 0 Å². The Morgan fingerprint density at radius 1 is 1.12 bits per heavy atom. The molecule has 1 atom stereocenters. The van der Waals surface area contributed by atoms with Gasteiger partial charge in [-0.05, 0) is 41.7 Å². The van der Waals surface area contributed by atoms with Crippen LogP contribution in [-0.4, -0.2) is 4.98 Å². The average molecular weight is 266 g/mol. The summed E-state index contributed by atoms with van der Waals surface area (Å²) in [6.07, 6.45) is 4.55. The van der Waals surface area contributed by atoms with E-state index in [2.05, 4.69) is 11.9 Å². The van der Waals surface area contributed by atoms with E-state index in [0.717, 1.165) is 12.0 Å². The highest BCUT2D eigenvalue weighted by Gasteiger charge is 2.12. The first-order valence-corrected chi connectivity index (χ1v) is 6.27. The normalized spacial score (nSPS) is 12.4. The molecular formula is C14H13Cl2N. The van der Waals surface area contributed by atoms with Crippen molar-refractivity contribution in [1.29, 1.82) is 0 Å². The number of aromatic nitrogens is 1. The van der Waals surface area contributed by atoms with Gasteiger partial charge in [0.05, 0.1) is 10.0 Å². The molecule has 0 aliphatic rings. The molecule has 0 N–H and O–H groups in total. The second-order valence-electron chi connectivity index (χ2n) is 4.10. The van der Waals surface area contributed by atoms with E-state index in [1.54, 1.807) is 0 Å². The fourth-order valence-electron chi connectivity index (χ4n) is 1.88. The largest absolute Gasteiger partial charge is 0.265 e. The first kappa shape index (κ1) is 12.4. The molecule has 88 valence electrons. The third-order valence-corrected chi connectivity index (χ3v) is 3.64. The Morgan fingerprint density at radius 3 is 2.53 bits per heavy atom. The Bertz CT molecular complexity index is 497. The molecule has 3 heteroatoms. The molecule has 0 spiro atoms. The Morgan fingerprint density at radius 2 is 1.82 bits per heavy atom. The zero-order valence-electron chi connectivity index (χ0n) is 9.53. The number of halogens is 2. The standard InChI is InChI=1S/C14H13Cl2N/c1-10(9-11-5-7-17-8-6-11)12-3-2-4-13(15)14(12)16/h2-8,10H,9H2,1H3. The highest BCUT2D eigenvalue weighted by Crippen LogP contribution is 2.32. The van der Waals surface area contributed by atoms with Gasteiger partial charge in [-0.1, -0.05) is 42.3 Å². The molecule has 0 fully saturated rings. The van der Waals surface area contributed by atoms with Gasteiger partial charge in [0.15, 0.2) is 0 Å². The van der Waals surface area contributed by atoms with Crippen LogP contribution in [0.4, 0.5) is 0 Å². The zero-order chi connectivity index (χ0) is 12.3. The molecule has 0 bridgehead atoms. The molecule has 0 saturated heterocycles. The summed E-state index contributed by atoms with van der Waals surface area (Å²) in [5.41, 5.74) is 2.35. The summed E-state index contributed by atoms with van der Waals surface area (Å²) in [6.45, 7) is 2.15. The van der Waals surface area contributed by atoms with Gasteiger partial charge in [0.25, 0.3) is 0 Å². The fourth-order valence-corrected chi connectivity index (χ4v) is 2.38. The highest BCUT2D eigenvalue weighted by atomic mass is 35.5. The van der Waals surface area contributed by atoms with Crippen LogP contribution in [0.1, 0.15) is 24.0 Å². The quantitative estimate of drug-likeness (QED) is 0.782. The van der Waals surface area contributed by atoms with E-state index >= 15 is 0 Å². The lowest BCUT2D eigenvalue weighted by Crippen LogP contribution is -1.99. The van der Waals surface area contributed by atoms with Crippen molar-refractivity contribution in [1.82, 2.24) is 4.98 Å². The minimum atomic E-state index is 0.337. The molecule has 1 nitrogen and oxygen atoms in total. The molecule has 2 aromatic rings. The van der Waals surface area contributed by atoms with Crippen molar-refractivity contribution in [3.8, 4) is 0 Å². The first-order chi connectivity index (χ1) is 8.18. The van der Waals surface area contributed by atoms with E-state index in [1.165, 1.54) is 5.56 Å². The molecule has 2 rings (SSSR count). The van der Waals surface area contributed by atoms with Crippen molar-refractivity contribution >= 4 is 23.2 Å². The maximum absolute atomic E-state index is 6.21. The van der Waals surface area contributed by atoms with Crippen molar-refractivity contribution < 1.29 is 0 Å². The van der Waals surface area contributed by atoms with Crippen molar-refractivity contribution in [2.75, 3.05) is 0 Å². The van der Waals surface area contributed by atoms with Crippen LogP contribution in [0.3, 0.4) is 0 Å². The number of nitrogens with zero attached hydrogens (tertiary/aromatic N) is 1. The predicted octanol–water partition coefficient (Wildman–Crippen LogP) is 4.73. The molecule has 0 amide bonds. The van der Waals surface area contributed by atoms with Gasteiger partial charge in [-0.2, -0.15) is 0 Å². The summed E-state index contributed by atoms with van der Waals surface area (Å²) in [7, 11) is 0. The monoisotopic (exact) mass is 265 g/mol. The average Bonchev–Trinajstić information content (AvgIpc) is 2.34. The number of hydrogen-bond acceptors (Lipinski definition) is 1. The van der Waals surface area contributed by atoms with Gasteiger partial charge in [-0.3, -0.25) is 4.98 Å². The van der Waals surface area contributed by atoms with Gasteiger partial charge in [0.1, 0.15) is 0 Å². The maximum atomic E-state index is 6.21. The molecule has 1 aromatic heterocycles. The first-order valence-electron chi connectivity index (χ1n) is 5.51. The highest BCUT2D eigenvalue weighted by molar-refractivity contribution is 6.42. The third-order valence-electron chi connectivity index (χ3n) is 2.80. The van der Waals surface area contributed by atoms with Gasteiger partial charge in [0, 0.05) is 12.4 Å². The molecule has 1 unspecified atom stereocenters. The fraction of sp³-hybridized carbons (Fsp3) is 0.214. The van der Waals surface area contributed by atoms with Gasteiger partial charge < -0.3 is 0 Å². The summed E-state index contributed by atoms with van der Waals surface area (Å²) < 4.78 is 0. The lowest BCUT2D eigenvalue weighted by Gasteiger charge is -2.14. The Balaban J connectivity index is 2.20. The van der Waals surface area contributed by atoms with Crippen molar-refractivity contribution in [3.05, 3.63) is 63.9 Å². The van der Waals surface area contributed by atoms with E-state index in [0.29, 0.717) is 16.0 Å². The van der Waals surface area contributed by atoms with Crippen LogP contribution in [0, 0.1) is 0 Å². The Kier molecular flexibility index (Phi) is 4.03. The summed E-state index contributed by atoms with van der Waals surface area (Å²) in [4.78, 5) is 4.01. The van der Waals surface area contributed by atoms with E-state index in [4.69, 9.17) is 23.2 Å². The molecule has 0 radical (unpaired) electrons. The number of pyridine rings is 1. The summed E-state index contributed by atoms with van der Waals surface area (Å²) in [5.74, 6) is 0.337. The van der Waals surface area contributed by atoms with Crippen LogP contribution in [0.2, 0.25) is 10.0 Å². The second-order valence-corrected chi connectivity index (χ2v) is 4.89. The minimum Gasteiger partial charge on any atom is -0.265 e. The van der Waals surface area contributed by atoms with E-state index in [-0.39, 0.29) is 0 Å². The zero-order valence-corrected chi connectivity index (χ0v) is 11.0. The molecule has 0 aliphatic heterocycles. The van der Waals surface area contributed by atoms with Crippen LogP contribution in [-0.2, 0) is 6.42 Å². The van der Waals surface area contributed by atoms with Gasteiger partial charge in [-0.15, -0.1) is 0 Å². The van der Waals surface area contributed by atoms with Crippen LogP contribution in [0.25, 0.3) is 0 Å². The molecule has 1 heterocycles. The van der Waals surface area contributed by atoms with Crippen LogP contribution < -0.4 is 0 Å². The molecule has 1 aromatic carbocycles. The minimum absolute atomic E-state index is 0.337.